The van der Waals surface area contributed by atoms with Gasteiger partial charge in [0, 0.05) is 37.4 Å². The lowest BCUT2D eigenvalue weighted by atomic mass is 9.86. The highest BCUT2D eigenvalue weighted by Gasteiger charge is 2.30. The Balaban J connectivity index is 1.68. The summed E-state index contributed by atoms with van der Waals surface area (Å²) < 4.78 is 15.0. The molecule has 4 heterocycles. The molecule has 8 heteroatoms. The van der Waals surface area contributed by atoms with Crippen molar-refractivity contribution >= 4 is 27.9 Å². The van der Waals surface area contributed by atoms with Gasteiger partial charge in [0.1, 0.15) is 0 Å². The lowest BCUT2D eigenvalue weighted by Crippen LogP contribution is -2.27. The standard InChI is InChI=1S/C29H29N5O3/c1-18-27(33(2)32-31-18)22-16-25-26(30-17-22)23-10-9-21(29(35)36-3)15-24(23)34(25)28(19-7-5-4-6-8-19)20-11-13-37-14-12-20/h4-10,15-17,20,28H,11-14H2,1-3H3. The van der Waals surface area contributed by atoms with Crippen molar-refractivity contribution in [1.82, 2.24) is 24.5 Å². The van der Waals surface area contributed by atoms with Gasteiger partial charge in [0.15, 0.2) is 0 Å². The molecule has 6 rings (SSSR count). The summed E-state index contributed by atoms with van der Waals surface area (Å²) in [5, 5.41) is 9.45. The monoisotopic (exact) mass is 495 g/mol. The summed E-state index contributed by atoms with van der Waals surface area (Å²) in [4.78, 5) is 17.5. The number of aryl methyl sites for hydroxylation is 2. The number of ether oxygens (including phenoxy) is 2. The minimum absolute atomic E-state index is 0.0424. The van der Waals surface area contributed by atoms with Gasteiger partial charge in [-0.2, -0.15) is 0 Å². The van der Waals surface area contributed by atoms with Gasteiger partial charge in [-0.3, -0.25) is 4.98 Å². The summed E-state index contributed by atoms with van der Waals surface area (Å²) in [5.74, 6) is 0.00626. The Kier molecular flexibility index (Phi) is 5.96. The number of rotatable bonds is 5. The number of nitrogens with zero attached hydrogens (tertiary/aromatic N) is 5. The van der Waals surface area contributed by atoms with Crippen LogP contribution in [0.25, 0.3) is 33.2 Å². The molecule has 188 valence electrons. The molecule has 37 heavy (non-hydrogen) atoms. The Morgan fingerprint density at radius 2 is 1.86 bits per heavy atom. The maximum Gasteiger partial charge on any atom is 0.337 e. The zero-order valence-corrected chi connectivity index (χ0v) is 21.2. The van der Waals surface area contributed by atoms with Crippen molar-refractivity contribution in [1.29, 1.82) is 0 Å². The van der Waals surface area contributed by atoms with E-state index in [1.807, 2.05) is 44.4 Å². The Hall–Kier alpha value is -4.04. The summed E-state index contributed by atoms with van der Waals surface area (Å²) in [6, 6.07) is 18.6. The highest BCUT2D eigenvalue weighted by molar-refractivity contribution is 6.08. The summed E-state index contributed by atoms with van der Waals surface area (Å²) in [7, 11) is 3.31. The summed E-state index contributed by atoms with van der Waals surface area (Å²) in [5.41, 5.74) is 7.35. The molecule has 2 aromatic carbocycles. The highest BCUT2D eigenvalue weighted by Crippen LogP contribution is 2.41. The van der Waals surface area contributed by atoms with Crippen molar-refractivity contribution in [2.75, 3.05) is 20.3 Å². The van der Waals surface area contributed by atoms with E-state index in [1.165, 1.54) is 12.7 Å². The molecule has 1 aliphatic rings. The minimum atomic E-state index is -0.355. The van der Waals surface area contributed by atoms with Crippen molar-refractivity contribution in [3.8, 4) is 11.3 Å². The second-order valence-corrected chi connectivity index (χ2v) is 9.64. The van der Waals surface area contributed by atoms with E-state index in [2.05, 4.69) is 45.2 Å². The maximum absolute atomic E-state index is 12.5. The number of methoxy groups -OCH3 is 1. The lowest BCUT2D eigenvalue weighted by molar-refractivity contribution is 0.0553. The van der Waals surface area contributed by atoms with Gasteiger partial charge in [-0.25, -0.2) is 9.48 Å². The van der Waals surface area contributed by atoms with E-state index in [0.717, 1.165) is 64.9 Å². The van der Waals surface area contributed by atoms with Crippen LogP contribution in [0.2, 0.25) is 0 Å². The molecule has 1 unspecified atom stereocenters. The van der Waals surface area contributed by atoms with Gasteiger partial charge in [0.05, 0.1) is 46.7 Å². The second-order valence-electron chi connectivity index (χ2n) is 9.64. The van der Waals surface area contributed by atoms with Crippen LogP contribution in [0.3, 0.4) is 0 Å². The number of hydrogen-bond acceptors (Lipinski definition) is 6. The molecule has 0 saturated carbocycles. The maximum atomic E-state index is 12.5. The number of aromatic nitrogens is 5. The number of carbonyl (C=O) groups excluding carboxylic acids is 1. The predicted molar refractivity (Wildman–Crippen MR) is 141 cm³/mol. The molecule has 0 N–H and O–H groups in total. The molecule has 1 atom stereocenters. The molecule has 0 spiro atoms. The second kappa shape index (κ2) is 9.44. The van der Waals surface area contributed by atoms with Gasteiger partial charge in [0.25, 0.3) is 0 Å². The van der Waals surface area contributed by atoms with Crippen LogP contribution < -0.4 is 0 Å². The van der Waals surface area contributed by atoms with E-state index in [1.54, 1.807) is 4.68 Å². The number of pyridine rings is 1. The van der Waals surface area contributed by atoms with Gasteiger partial charge in [-0.1, -0.05) is 35.5 Å². The molecular formula is C29H29N5O3. The molecule has 8 nitrogen and oxygen atoms in total. The van der Waals surface area contributed by atoms with Crippen molar-refractivity contribution < 1.29 is 14.3 Å². The number of esters is 1. The molecule has 1 fully saturated rings. The Morgan fingerprint density at radius 1 is 1.08 bits per heavy atom. The molecule has 1 saturated heterocycles. The molecular weight excluding hydrogens is 466 g/mol. The first-order chi connectivity index (χ1) is 18.1. The Morgan fingerprint density at radius 3 is 2.57 bits per heavy atom. The quantitative estimate of drug-likeness (QED) is 0.316. The molecule has 1 aliphatic heterocycles. The third-order valence-corrected chi connectivity index (χ3v) is 7.46. The molecule has 0 radical (unpaired) electrons. The average Bonchev–Trinajstić information content (AvgIpc) is 3.45. The van der Waals surface area contributed by atoms with Crippen LogP contribution in [0, 0.1) is 12.8 Å². The summed E-state index contributed by atoms with van der Waals surface area (Å²) in [6.45, 7) is 3.43. The van der Waals surface area contributed by atoms with Crippen molar-refractivity contribution in [2.24, 2.45) is 13.0 Å². The fourth-order valence-corrected chi connectivity index (χ4v) is 5.75. The fraction of sp³-hybridized carbons (Fsp3) is 0.310. The number of hydrogen-bond donors (Lipinski definition) is 0. The SMILES string of the molecule is COC(=O)c1ccc2c3ncc(-c4c(C)nnn4C)cc3n(C(c3ccccc3)C3CCOCC3)c2c1. The van der Waals surface area contributed by atoms with Gasteiger partial charge in [-0.15, -0.1) is 5.10 Å². The summed E-state index contributed by atoms with van der Waals surface area (Å²) in [6.07, 6.45) is 3.79. The van der Waals surface area contributed by atoms with E-state index >= 15 is 0 Å². The van der Waals surface area contributed by atoms with Crippen LogP contribution in [0.5, 0.6) is 0 Å². The van der Waals surface area contributed by atoms with Gasteiger partial charge >= 0.3 is 5.97 Å². The number of benzene rings is 2. The third kappa shape index (κ3) is 3.97. The van der Waals surface area contributed by atoms with Crippen LogP contribution in [-0.4, -0.2) is 50.8 Å². The molecule has 5 aromatic rings. The van der Waals surface area contributed by atoms with E-state index in [9.17, 15) is 4.79 Å². The lowest BCUT2D eigenvalue weighted by Gasteiger charge is -2.33. The number of carbonyl (C=O) groups is 1. The first-order valence-corrected chi connectivity index (χ1v) is 12.6. The predicted octanol–water partition coefficient (Wildman–Crippen LogP) is 5.10. The molecule has 0 aliphatic carbocycles. The smallest absolute Gasteiger partial charge is 0.337 e. The first-order valence-electron chi connectivity index (χ1n) is 12.6. The zero-order chi connectivity index (χ0) is 25.5. The van der Waals surface area contributed by atoms with Crippen LogP contribution >= 0.6 is 0 Å². The van der Waals surface area contributed by atoms with Crippen molar-refractivity contribution in [3.05, 3.63) is 77.6 Å². The van der Waals surface area contributed by atoms with Crippen LogP contribution in [0.15, 0.2) is 60.8 Å². The average molecular weight is 496 g/mol. The van der Waals surface area contributed by atoms with Crippen LogP contribution in [0.1, 0.15) is 40.5 Å². The van der Waals surface area contributed by atoms with E-state index in [0.29, 0.717) is 11.5 Å². The van der Waals surface area contributed by atoms with Crippen molar-refractivity contribution in [3.63, 3.8) is 0 Å². The fourth-order valence-electron chi connectivity index (χ4n) is 5.75. The zero-order valence-electron chi connectivity index (χ0n) is 21.2. The van der Waals surface area contributed by atoms with Gasteiger partial charge in [-0.05, 0) is 55.5 Å². The Bertz CT molecular complexity index is 1580. The topological polar surface area (TPSA) is 84.1 Å². The van der Waals surface area contributed by atoms with E-state index in [4.69, 9.17) is 14.5 Å². The summed E-state index contributed by atoms with van der Waals surface area (Å²) >= 11 is 0. The minimum Gasteiger partial charge on any atom is -0.465 e. The highest BCUT2D eigenvalue weighted by atomic mass is 16.5. The third-order valence-electron chi connectivity index (χ3n) is 7.46. The first kappa shape index (κ1) is 23.4. The van der Waals surface area contributed by atoms with E-state index in [-0.39, 0.29) is 12.0 Å². The normalized spacial score (nSPS) is 15.3. The van der Waals surface area contributed by atoms with Crippen LogP contribution in [-0.2, 0) is 16.5 Å². The van der Waals surface area contributed by atoms with E-state index < -0.39 is 0 Å². The largest absolute Gasteiger partial charge is 0.465 e. The molecule has 0 amide bonds. The molecule has 3 aromatic heterocycles. The Labute approximate surface area is 214 Å². The molecule has 0 bridgehead atoms. The van der Waals surface area contributed by atoms with Crippen molar-refractivity contribution in [2.45, 2.75) is 25.8 Å². The number of fused-ring (bicyclic) bond motifs is 3. The van der Waals surface area contributed by atoms with Crippen LogP contribution in [0.4, 0.5) is 0 Å². The van der Waals surface area contributed by atoms with Gasteiger partial charge < -0.3 is 14.0 Å². The van der Waals surface area contributed by atoms with Gasteiger partial charge in [0.2, 0.25) is 0 Å².